The highest BCUT2D eigenvalue weighted by atomic mass is 35.5. The van der Waals surface area contributed by atoms with E-state index < -0.39 is 5.91 Å². The minimum atomic E-state index is -0.548. The van der Waals surface area contributed by atoms with Crippen molar-refractivity contribution in [2.45, 2.75) is 32.7 Å². The molecule has 0 radical (unpaired) electrons. The molecule has 3 aromatic rings. The van der Waals surface area contributed by atoms with Crippen LogP contribution in [0.5, 0.6) is 0 Å². The summed E-state index contributed by atoms with van der Waals surface area (Å²) in [7, 11) is 0. The van der Waals surface area contributed by atoms with Gasteiger partial charge in [0.25, 0.3) is 5.91 Å². The van der Waals surface area contributed by atoms with E-state index in [1.807, 2.05) is 53.1 Å². The fourth-order valence-electron chi connectivity index (χ4n) is 3.55. The van der Waals surface area contributed by atoms with Crippen LogP contribution in [-0.2, 0) is 12.0 Å². The van der Waals surface area contributed by atoms with Gasteiger partial charge in [-0.3, -0.25) is 14.4 Å². The average molecular weight is 393 g/mol. The summed E-state index contributed by atoms with van der Waals surface area (Å²) in [6.45, 7) is 6.49. The Labute approximate surface area is 168 Å². The molecule has 1 aliphatic heterocycles. The lowest BCUT2D eigenvalue weighted by Crippen LogP contribution is -2.20. The SMILES string of the molecule is CC(C)(C)c1nc(C(N)=O)c2n1-c1ccccc1C(c1ccccc1Cl)=NC2. The van der Waals surface area contributed by atoms with Crippen LogP contribution in [0.2, 0.25) is 5.02 Å². The number of hydrogen-bond acceptors (Lipinski definition) is 3. The van der Waals surface area contributed by atoms with E-state index in [0.29, 0.717) is 10.7 Å². The Morgan fingerprint density at radius 3 is 2.36 bits per heavy atom. The van der Waals surface area contributed by atoms with E-state index in [1.54, 1.807) is 0 Å². The summed E-state index contributed by atoms with van der Waals surface area (Å²) in [6, 6.07) is 15.6. The molecule has 2 aromatic carbocycles. The number of primary amides is 1. The smallest absolute Gasteiger partial charge is 0.269 e. The zero-order valence-corrected chi connectivity index (χ0v) is 16.8. The number of rotatable bonds is 2. The predicted octanol–water partition coefficient (Wildman–Crippen LogP) is 4.27. The molecule has 2 N–H and O–H groups in total. The van der Waals surface area contributed by atoms with Gasteiger partial charge in [-0.05, 0) is 12.1 Å². The lowest BCUT2D eigenvalue weighted by atomic mass is 9.94. The van der Waals surface area contributed by atoms with Crippen LogP contribution in [0.1, 0.15) is 53.9 Å². The van der Waals surface area contributed by atoms with E-state index in [9.17, 15) is 4.79 Å². The number of benzene rings is 2. The second-order valence-electron chi connectivity index (χ2n) is 7.84. The molecule has 0 bridgehead atoms. The maximum atomic E-state index is 12.1. The first-order valence-corrected chi connectivity index (χ1v) is 9.48. The Kier molecular flexibility index (Phi) is 4.35. The molecule has 5 nitrogen and oxygen atoms in total. The first-order chi connectivity index (χ1) is 13.3. The molecule has 0 spiro atoms. The maximum Gasteiger partial charge on any atom is 0.269 e. The summed E-state index contributed by atoms with van der Waals surface area (Å²) in [4.78, 5) is 21.6. The third kappa shape index (κ3) is 2.92. The van der Waals surface area contributed by atoms with Crippen LogP contribution in [0.4, 0.5) is 0 Å². The molecular formula is C22H21ClN4O. The third-order valence-electron chi connectivity index (χ3n) is 4.79. The normalized spacial score (nSPS) is 13.4. The van der Waals surface area contributed by atoms with Crippen LogP contribution in [0, 0.1) is 0 Å². The van der Waals surface area contributed by atoms with Gasteiger partial charge in [0.05, 0.1) is 23.6 Å². The number of aromatic nitrogens is 2. The van der Waals surface area contributed by atoms with Gasteiger partial charge in [0.2, 0.25) is 0 Å². The van der Waals surface area contributed by atoms with E-state index in [1.165, 1.54) is 0 Å². The summed E-state index contributed by atoms with van der Waals surface area (Å²) in [5.41, 5.74) is 9.83. The highest BCUT2D eigenvalue weighted by Crippen LogP contribution is 2.34. The number of nitrogens with two attached hydrogens (primary N) is 1. The Morgan fingerprint density at radius 2 is 1.71 bits per heavy atom. The van der Waals surface area contributed by atoms with Gasteiger partial charge in [-0.2, -0.15) is 0 Å². The van der Waals surface area contributed by atoms with Gasteiger partial charge in [0.15, 0.2) is 5.69 Å². The quantitative estimate of drug-likeness (QED) is 0.707. The lowest BCUT2D eigenvalue weighted by Gasteiger charge is -2.22. The van der Waals surface area contributed by atoms with Crippen LogP contribution in [-0.4, -0.2) is 21.2 Å². The number of fused-ring (bicyclic) bond motifs is 3. The zero-order valence-electron chi connectivity index (χ0n) is 16.0. The van der Waals surface area contributed by atoms with Gasteiger partial charge >= 0.3 is 0 Å². The second-order valence-corrected chi connectivity index (χ2v) is 8.25. The molecule has 28 heavy (non-hydrogen) atoms. The number of imidazole rings is 1. The molecule has 0 aliphatic carbocycles. The monoisotopic (exact) mass is 392 g/mol. The van der Waals surface area contributed by atoms with Crippen molar-refractivity contribution in [1.29, 1.82) is 0 Å². The minimum absolute atomic E-state index is 0.267. The third-order valence-corrected chi connectivity index (χ3v) is 5.12. The second kappa shape index (κ2) is 6.60. The van der Waals surface area contributed by atoms with E-state index in [2.05, 4.69) is 25.8 Å². The van der Waals surface area contributed by atoms with Gasteiger partial charge in [-0.15, -0.1) is 0 Å². The van der Waals surface area contributed by atoms with Crippen molar-refractivity contribution in [2.75, 3.05) is 0 Å². The van der Waals surface area contributed by atoms with Crippen LogP contribution in [0.25, 0.3) is 5.69 Å². The van der Waals surface area contributed by atoms with Gasteiger partial charge < -0.3 is 5.73 Å². The highest BCUT2D eigenvalue weighted by Gasteiger charge is 2.31. The van der Waals surface area contributed by atoms with Crippen molar-refractivity contribution in [3.63, 3.8) is 0 Å². The molecule has 0 atom stereocenters. The van der Waals surface area contributed by atoms with E-state index in [4.69, 9.17) is 22.3 Å². The van der Waals surface area contributed by atoms with Crippen LogP contribution >= 0.6 is 11.6 Å². The van der Waals surface area contributed by atoms with Crippen molar-refractivity contribution >= 4 is 23.2 Å². The Morgan fingerprint density at radius 1 is 1.07 bits per heavy atom. The molecule has 0 fully saturated rings. The fraction of sp³-hybridized carbons (Fsp3) is 0.227. The number of para-hydroxylation sites is 1. The number of carbonyl (C=O) groups is 1. The summed E-state index contributed by atoms with van der Waals surface area (Å²) < 4.78 is 2.03. The Balaban J connectivity index is 2.06. The topological polar surface area (TPSA) is 73.3 Å². The van der Waals surface area contributed by atoms with Gasteiger partial charge in [-0.1, -0.05) is 68.8 Å². The van der Waals surface area contributed by atoms with E-state index in [0.717, 1.165) is 28.4 Å². The maximum absolute atomic E-state index is 12.1. The average Bonchev–Trinajstić information content (AvgIpc) is 2.96. The lowest BCUT2D eigenvalue weighted by molar-refractivity contribution is 0.0995. The molecule has 0 saturated carbocycles. The van der Waals surface area contributed by atoms with E-state index >= 15 is 0 Å². The Bertz CT molecular complexity index is 1120. The number of aliphatic imine (C=N–C) groups is 1. The van der Waals surface area contributed by atoms with Crippen molar-refractivity contribution in [2.24, 2.45) is 10.7 Å². The van der Waals surface area contributed by atoms with Gasteiger partial charge in [0, 0.05) is 21.6 Å². The molecule has 2 heterocycles. The van der Waals surface area contributed by atoms with Crippen molar-refractivity contribution in [1.82, 2.24) is 9.55 Å². The molecule has 0 unspecified atom stereocenters. The summed E-state index contributed by atoms with van der Waals surface area (Å²) in [6.07, 6.45) is 0. The highest BCUT2D eigenvalue weighted by molar-refractivity contribution is 6.35. The summed E-state index contributed by atoms with van der Waals surface area (Å²) in [5.74, 6) is 0.229. The number of carbonyl (C=O) groups excluding carboxylic acids is 1. The number of amides is 1. The first kappa shape index (κ1) is 18.4. The predicted molar refractivity (Wildman–Crippen MR) is 112 cm³/mol. The number of halogens is 1. The molecule has 1 aromatic heterocycles. The molecular weight excluding hydrogens is 372 g/mol. The standard InChI is InChI=1S/C22H21ClN4O/c1-22(2,3)21-26-19(20(24)28)17-12-25-18(13-8-4-6-10-15(13)23)14-9-5-7-11-16(14)27(17)21/h4-11H,12H2,1-3H3,(H2,24,28). The van der Waals surface area contributed by atoms with Crippen LogP contribution in [0.15, 0.2) is 53.5 Å². The largest absolute Gasteiger partial charge is 0.364 e. The van der Waals surface area contributed by atoms with Crippen molar-refractivity contribution < 1.29 is 4.79 Å². The molecule has 1 aliphatic rings. The molecule has 0 saturated heterocycles. The molecule has 6 heteroatoms. The summed E-state index contributed by atoms with van der Waals surface area (Å²) in [5, 5.41) is 0.631. The van der Waals surface area contributed by atoms with Crippen molar-refractivity contribution in [3.8, 4) is 5.69 Å². The first-order valence-electron chi connectivity index (χ1n) is 9.10. The van der Waals surface area contributed by atoms with Gasteiger partial charge in [-0.25, -0.2) is 4.98 Å². The number of hydrogen-bond donors (Lipinski definition) is 1. The number of nitrogens with zero attached hydrogens (tertiary/aromatic N) is 3. The summed E-state index contributed by atoms with van der Waals surface area (Å²) >= 11 is 6.47. The molecule has 4 rings (SSSR count). The van der Waals surface area contributed by atoms with Crippen LogP contribution < -0.4 is 5.73 Å². The van der Waals surface area contributed by atoms with Crippen molar-refractivity contribution in [3.05, 3.63) is 81.9 Å². The van der Waals surface area contributed by atoms with E-state index in [-0.39, 0.29) is 17.7 Å². The Hall–Kier alpha value is -2.92. The zero-order chi connectivity index (χ0) is 20.1. The molecule has 142 valence electrons. The van der Waals surface area contributed by atoms with Crippen LogP contribution in [0.3, 0.4) is 0 Å². The minimum Gasteiger partial charge on any atom is -0.364 e. The molecule has 1 amide bonds. The van der Waals surface area contributed by atoms with Gasteiger partial charge in [0.1, 0.15) is 5.82 Å². The fourth-order valence-corrected chi connectivity index (χ4v) is 3.78.